The summed E-state index contributed by atoms with van der Waals surface area (Å²) in [6, 6.07) is 16.7. The summed E-state index contributed by atoms with van der Waals surface area (Å²) in [5.41, 5.74) is 2.24. The van der Waals surface area contributed by atoms with Crippen LogP contribution in [0.15, 0.2) is 54.6 Å². The zero-order chi connectivity index (χ0) is 20.9. The van der Waals surface area contributed by atoms with Crippen molar-refractivity contribution in [3.05, 3.63) is 60.2 Å². The number of anilines is 2. The maximum atomic E-state index is 12.1. The standard InChI is InChI=1S/C22H26N2O5/c1-28-14-15-29-22(27)13-12-21(26)24-19-9-5-8-18(16-19)23-20(25)11-10-17-6-3-2-4-7-17/h2-9,16H,10-15H2,1H3,(H,23,25)(H,24,26). The summed E-state index contributed by atoms with van der Waals surface area (Å²) in [7, 11) is 1.51. The first-order valence-electron chi connectivity index (χ1n) is 9.45. The average molecular weight is 398 g/mol. The van der Waals surface area contributed by atoms with Gasteiger partial charge in [-0.2, -0.15) is 0 Å². The highest BCUT2D eigenvalue weighted by Gasteiger charge is 2.09. The number of nitrogens with one attached hydrogen (secondary N) is 2. The first kappa shape index (κ1) is 22.1. The van der Waals surface area contributed by atoms with Crippen LogP contribution in [0.5, 0.6) is 0 Å². The van der Waals surface area contributed by atoms with E-state index in [1.807, 2.05) is 30.3 Å². The van der Waals surface area contributed by atoms with E-state index in [9.17, 15) is 14.4 Å². The van der Waals surface area contributed by atoms with Crippen molar-refractivity contribution in [1.29, 1.82) is 0 Å². The van der Waals surface area contributed by atoms with Gasteiger partial charge in [-0.15, -0.1) is 0 Å². The minimum Gasteiger partial charge on any atom is -0.463 e. The molecule has 0 saturated carbocycles. The first-order valence-corrected chi connectivity index (χ1v) is 9.45. The molecule has 0 fully saturated rings. The quantitative estimate of drug-likeness (QED) is 0.448. The van der Waals surface area contributed by atoms with Crippen LogP contribution in [-0.2, 0) is 30.3 Å². The molecule has 2 rings (SSSR count). The molecule has 2 aromatic rings. The maximum absolute atomic E-state index is 12.1. The molecular formula is C22H26N2O5. The van der Waals surface area contributed by atoms with Gasteiger partial charge in [-0.05, 0) is 30.2 Å². The van der Waals surface area contributed by atoms with Gasteiger partial charge >= 0.3 is 5.97 Å². The molecule has 0 bridgehead atoms. The van der Waals surface area contributed by atoms with Crippen LogP contribution in [0.2, 0.25) is 0 Å². The van der Waals surface area contributed by atoms with E-state index in [0.717, 1.165) is 5.56 Å². The van der Waals surface area contributed by atoms with E-state index in [-0.39, 0.29) is 31.3 Å². The fourth-order valence-electron chi connectivity index (χ4n) is 2.55. The van der Waals surface area contributed by atoms with Crippen LogP contribution in [0, 0.1) is 0 Å². The number of esters is 1. The number of benzene rings is 2. The lowest BCUT2D eigenvalue weighted by atomic mass is 10.1. The molecule has 0 aliphatic heterocycles. The molecule has 0 saturated heterocycles. The van der Waals surface area contributed by atoms with Gasteiger partial charge in [0.05, 0.1) is 13.0 Å². The zero-order valence-electron chi connectivity index (χ0n) is 16.5. The Hall–Kier alpha value is -3.19. The predicted octanol–water partition coefficient (Wildman–Crippen LogP) is 3.17. The van der Waals surface area contributed by atoms with Crippen LogP contribution in [0.3, 0.4) is 0 Å². The lowest BCUT2D eigenvalue weighted by Gasteiger charge is -2.09. The molecule has 0 radical (unpaired) electrons. The van der Waals surface area contributed by atoms with Gasteiger partial charge in [0, 0.05) is 31.3 Å². The third-order valence-corrected chi connectivity index (χ3v) is 4.02. The van der Waals surface area contributed by atoms with Gasteiger partial charge in [0.25, 0.3) is 0 Å². The Bertz CT molecular complexity index is 808. The van der Waals surface area contributed by atoms with E-state index < -0.39 is 5.97 Å². The molecule has 2 amide bonds. The maximum Gasteiger partial charge on any atom is 0.306 e. The lowest BCUT2D eigenvalue weighted by molar-refractivity contribution is -0.145. The van der Waals surface area contributed by atoms with Crippen molar-refractivity contribution in [3.8, 4) is 0 Å². The van der Waals surface area contributed by atoms with E-state index in [0.29, 0.717) is 30.8 Å². The normalized spacial score (nSPS) is 10.2. The summed E-state index contributed by atoms with van der Waals surface area (Å²) in [5.74, 6) is -0.853. The van der Waals surface area contributed by atoms with E-state index in [1.54, 1.807) is 24.3 Å². The summed E-state index contributed by atoms with van der Waals surface area (Å²) in [4.78, 5) is 35.7. The molecule has 7 nitrogen and oxygen atoms in total. The number of aryl methyl sites for hydroxylation is 1. The monoisotopic (exact) mass is 398 g/mol. The highest BCUT2D eigenvalue weighted by molar-refractivity contribution is 5.95. The largest absolute Gasteiger partial charge is 0.463 e. The number of ether oxygens (including phenoxy) is 2. The molecule has 0 aliphatic rings. The Morgan fingerprint density at radius 3 is 2.10 bits per heavy atom. The molecule has 0 aliphatic carbocycles. The number of amides is 2. The van der Waals surface area contributed by atoms with E-state index in [1.165, 1.54) is 7.11 Å². The summed E-state index contributed by atoms with van der Waals surface area (Å²) in [5, 5.41) is 5.54. The van der Waals surface area contributed by atoms with Crippen molar-refractivity contribution < 1.29 is 23.9 Å². The molecule has 2 N–H and O–H groups in total. The number of rotatable bonds is 11. The van der Waals surface area contributed by atoms with Crippen molar-refractivity contribution in [2.24, 2.45) is 0 Å². The second-order valence-corrected chi connectivity index (χ2v) is 6.38. The van der Waals surface area contributed by atoms with Crippen molar-refractivity contribution in [1.82, 2.24) is 0 Å². The van der Waals surface area contributed by atoms with Crippen LogP contribution in [0.1, 0.15) is 24.8 Å². The summed E-state index contributed by atoms with van der Waals surface area (Å²) < 4.78 is 9.70. The van der Waals surface area contributed by atoms with Crippen molar-refractivity contribution in [2.75, 3.05) is 31.0 Å². The smallest absolute Gasteiger partial charge is 0.306 e. The predicted molar refractivity (Wildman–Crippen MR) is 111 cm³/mol. The summed E-state index contributed by atoms with van der Waals surface area (Å²) in [6.07, 6.45) is 1.03. The molecule has 2 aromatic carbocycles. The molecule has 0 aromatic heterocycles. The second kappa shape index (κ2) is 12.3. The van der Waals surface area contributed by atoms with Gasteiger partial charge in [-0.25, -0.2) is 0 Å². The van der Waals surface area contributed by atoms with E-state index in [2.05, 4.69) is 10.6 Å². The van der Waals surface area contributed by atoms with Gasteiger partial charge in [0.15, 0.2) is 0 Å². The van der Waals surface area contributed by atoms with Crippen LogP contribution >= 0.6 is 0 Å². The van der Waals surface area contributed by atoms with Crippen LogP contribution < -0.4 is 10.6 Å². The highest BCUT2D eigenvalue weighted by Crippen LogP contribution is 2.16. The topological polar surface area (TPSA) is 93.7 Å². The molecule has 0 spiro atoms. The molecule has 0 heterocycles. The molecule has 29 heavy (non-hydrogen) atoms. The molecule has 0 atom stereocenters. The number of methoxy groups -OCH3 is 1. The molecule has 0 unspecified atom stereocenters. The minimum atomic E-state index is -0.448. The Kier molecular flexibility index (Phi) is 9.38. The first-order chi connectivity index (χ1) is 14.1. The van der Waals surface area contributed by atoms with Gasteiger partial charge < -0.3 is 20.1 Å². The van der Waals surface area contributed by atoms with Gasteiger partial charge in [-0.3, -0.25) is 14.4 Å². The Balaban J connectivity index is 1.75. The van der Waals surface area contributed by atoms with Crippen molar-refractivity contribution in [3.63, 3.8) is 0 Å². The fraction of sp³-hybridized carbons (Fsp3) is 0.318. The van der Waals surface area contributed by atoms with E-state index >= 15 is 0 Å². The highest BCUT2D eigenvalue weighted by atomic mass is 16.6. The van der Waals surface area contributed by atoms with Crippen LogP contribution in [0.25, 0.3) is 0 Å². The van der Waals surface area contributed by atoms with Crippen molar-refractivity contribution in [2.45, 2.75) is 25.7 Å². The van der Waals surface area contributed by atoms with Crippen LogP contribution in [0.4, 0.5) is 11.4 Å². The molecule has 7 heteroatoms. The Morgan fingerprint density at radius 2 is 1.45 bits per heavy atom. The van der Waals surface area contributed by atoms with Crippen molar-refractivity contribution >= 4 is 29.2 Å². The van der Waals surface area contributed by atoms with Gasteiger partial charge in [-0.1, -0.05) is 36.4 Å². The SMILES string of the molecule is COCCOC(=O)CCC(=O)Nc1cccc(NC(=O)CCc2ccccc2)c1. The van der Waals surface area contributed by atoms with Gasteiger partial charge in [0.2, 0.25) is 11.8 Å². The minimum absolute atomic E-state index is 0.00847. The fourth-order valence-corrected chi connectivity index (χ4v) is 2.55. The third kappa shape index (κ3) is 9.03. The number of hydrogen-bond acceptors (Lipinski definition) is 5. The summed E-state index contributed by atoms with van der Waals surface area (Å²) in [6.45, 7) is 0.491. The third-order valence-electron chi connectivity index (χ3n) is 4.02. The lowest BCUT2D eigenvalue weighted by Crippen LogP contribution is -2.16. The number of carbonyl (C=O) groups excluding carboxylic acids is 3. The average Bonchev–Trinajstić information content (AvgIpc) is 2.72. The van der Waals surface area contributed by atoms with Gasteiger partial charge in [0.1, 0.15) is 6.61 Å². The second-order valence-electron chi connectivity index (χ2n) is 6.38. The molecule has 154 valence electrons. The number of hydrogen-bond donors (Lipinski definition) is 2. The van der Waals surface area contributed by atoms with E-state index in [4.69, 9.17) is 9.47 Å². The Labute approximate surface area is 170 Å². The Morgan fingerprint density at radius 1 is 0.793 bits per heavy atom. The number of carbonyl (C=O) groups is 3. The van der Waals surface area contributed by atoms with Crippen LogP contribution in [-0.4, -0.2) is 38.1 Å². The summed E-state index contributed by atoms with van der Waals surface area (Å²) >= 11 is 0. The zero-order valence-corrected chi connectivity index (χ0v) is 16.5. The molecular weight excluding hydrogens is 372 g/mol.